The van der Waals surface area contributed by atoms with Crippen molar-refractivity contribution in [1.29, 1.82) is 5.26 Å². The second kappa shape index (κ2) is 12.5. The van der Waals surface area contributed by atoms with Crippen LogP contribution in [-0.2, 0) is 6.54 Å². The highest BCUT2D eigenvalue weighted by Crippen LogP contribution is 2.41. The van der Waals surface area contributed by atoms with E-state index in [2.05, 4.69) is 30.9 Å². The first-order valence-corrected chi connectivity index (χ1v) is 15.0. The van der Waals surface area contributed by atoms with E-state index in [0.717, 1.165) is 0 Å². The number of hydrogen-bond donors (Lipinski definition) is 2. The second-order valence-corrected chi connectivity index (χ2v) is 12.8. The van der Waals surface area contributed by atoms with Crippen LogP contribution in [0, 0.1) is 18.3 Å². The molecule has 3 aromatic heterocycles. The summed E-state index contributed by atoms with van der Waals surface area (Å²) in [5, 5.41) is 29.1. The zero-order chi connectivity index (χ0) is 32.8. The molecule has 3 heterocycles. The highest BCUT2D eigenvalue weighted by molar-refractivity contribution is 6.54. The van der Waals surface area contributed by atoms with Crippen LogP contribution in [0.15, 0.2) is 36.5 Å². The van der Waals surface area contributed by atoms with Crippen molar-refractivity contribution in [3.8, 4) is 11.9 Å². The van der Waals surface area contributed by atoms with Crippen LogP contribution in [-0.4, -0.2) is 47.1 Å². The van der Waals surface area contributed by atoms with E-state index in [1.807, 2.05) is 26.8 Å². The third-order valence-corrected chi connectivity index (χ3v) is 8.40. The molecule has 2 N–H and O–H groups in total. The molecule has 5 aromatic rings. The van der Waals surface area contributed by atoms with Gasteiger partial charge in [-0.15, -0.1) is 0 Å². The van der Waals surface area contributed by atoms with Gasteiger partial charge in [0.1, 0.15) is 23.3 Å². The summed E-state index contributed by atoms with van der Waals surface area (Å²) in [6.07, 6.45) is 1.50. The molecule has 0 unspecified atom stereocenters. The van der Waals surface area contributed by atoms with Gasteiger partial charge in [-0.2, -0.15) is 25.4 Å². The summed E-state index contributed by atoms with van der Waals surface area (Å²) in [4.78, 5) is 32.8. The number of hydrogen-bond acceptors (Lipinski definition) is 7. The van der Waals surface area contributed by atoms with E-state index < -0.39 is 17.4 Å². The number of halogens is 5. The van der Waals surface area contributed by atoms with Gasteiger partial charge in [-0.3, -0.25) is 9.59 Å². The van der Waals surface area contributed by atoms with E-state index in [1.54, 1.807) is 25.1 Å². The third kappa shape index (κ3) is 6.57. The maximum absolute atomic E-state index is 13.9. The van der Waals surface area contributed by atoms with Crippen LogP contribution in [0.1, 0.15) is 58.4 Å². The molecule has 45 heavy (non-hydrogen) atoms. The number of nitrogens with zero attached hydrogens (tertiary/aromatic N) is 7. The summed E-state index contributed by atoms with van der Waals surface area (Å²) in [6, 6.07) is 9.79. The number of aryl methyl sites for hydroxylation is 1. The molecule has 0 radical (unpaired) electrons. The first kappa shape index (κ1) is 32.5. The van der Waals surface area contributed by atoms with Gasteiger partial charge < -0.3 is 10.6 Å². The highest BCUT2D eigenvalue weighted by Gasteiger charge is 2.26. The van der Waals surface area contributed by atoms with Crippen LogP contribution < -0.4 is 10.6 Å². The van der Waals surface area contributed by atoms with Crippen LogP contribution in [0.2, 0.25) is 25.1 Å². The van der Waals surface area contributed by atoms with Gasteiger partial charge in [0, 0.05) is 11.7 Å². The highest BCUT2D eigenvalue weighted by atomic mass is 35.5. The lowest BCUT2D eigenvalue weighted by Crippen LogP contribution is -2.41. The number of carbonyl (C=O) groups excluding carboxylic acids is 2. The Bertz CT molecular complexity index is 2010. The zero-order valence-corrected chi connectivity index (χ0v) is 27.8. The van der Waals surface area contributed by atoms with Crippen molar-refractivity contribution >= 4 is 86.5 Å². The van der Waals surface area contributed by atoms with Crippen molar-refractivity contribution in [2.45, 2.75) is 39.8 Å². The van der Waals surface area contributed by atoms with E-state index in [0.29, 0.717) is 11.3 Å². The average molecular weight is 706 g/mol. The Kier molecular flexibility index (Phi) is 8.99. The topological polar surface area (TPSA) is 143 Å². The molecule has 0 bridgehead atoms. The Morgan fingerprint density at radius 1 is 0.933 bits per heavy atom. The lowest BCUT2D eigenvalue weighted by atomic mass is 10.0. The largest absolute Gasteiger partial charge is 0.347 e. The van der Waals surface area contributed by atoms with E-state index in [1.165, 1.54) is 27.8 Å². The second-order valence-electron chi connectivity index (χ2n) is 10.9. The first-order valence-electron chi connectivity index (χ1n) is 13.1. The van der Waals surface area contributed by atoms with E-state index in [4.69, 9.17) is 58.0 Å². The standard InChI is InChI=1S/C29H22Cl5N9O2/c1-13-8-14(11-35)9-16(27(44)38-29(2,3)4)23(13)37-28(45)18-10-15(39-43(18)26-17(30)6-5-7-36-26)12-42-40-24-21(33)19(31)20(32)22(34)25(24)41-42/h5-10H,12H2,1-4H3,(H,37,45)(H,38,44). The summed E-state index contributed by atoms with van der Waals surface area (Å²) >= 11 is 31.5. The van der Waals surface area contributed by atoms with Gasteiger partial charge in [0.15, 0.2) is 5.82 Å². The Balaban J connectivity index is 1.58. The smallest absolute Gasteiger partial charge is 0.274 e. The quantitative estimate of drug-likeness (QED) is 0.140. The monoisotopic (exact) mass is 703 g/mol. The van der Waals surface area contributed by atoms with E-state index in [9.17, 15) is 14.9 Å². The van der Waals surface area contributed by atoms with Crippen LogP contribution in [0.3, 0.4) is 0 Å². The predicted octanol–water partition coefficient (Wildman–Crippen LogP) is 7.29. The fourth-order valence-electron chi connectivity index (χ4n) is 4.41. The number of rotatable bonds is 6. The molecule has 2 aromatic carbocycles. The number of amides is 2. The Morgan fingerprint density at radius 3 is 2.16 bits per heavy atom. The summed E-state index contributed by atoms with van der Waals surface area (Å²) in [6.45, 7) is 7.13. The van der Waals surface area contributed by atoms with Crippen molar-refractivity contribution in [3.05, 3.63) is 89.7 Å². The minimum Gasteiger partial charge on any atom is -0.347 e. The van der Waals surface area contributed by atoms with Gasteiger partial charge in [0.25, 0.3) is 11.8 Å². The normalized spacial score (nSPS) is 11.5. The number of carbonyl (C=O) groups is 2. The van der Waals surface area contributed by atoms with E-state index >= 15 is 0 Å². The molecule has 0 atom stereocenters. The zero-order valence-electron chi connectivity index (χ0n) is 24.0. The summed E-state index contributed by atoms with van der Waals surface area (Å²) in [5.74, 6) is -0.910. The molecule has 2 amide bonds. The van der Waals surface area contributed by atoms with Gasteiger partial charge in [0.05, 0.1) is 53.7 Å². The Labute approximate surface area is 282 Å². The molecule has 0 aliphatic rings. The van der Waals surface area contributed by atoms with Crippen molar-refractivity contribution in [3.63, 3.8) is 0 Å². The Morgan fingerprint density at radius 2 is 1.58 bits per heavy atom. The molecule has 11 nitrogen and oxygen atoms in total. The SMILES string of the molecule is Cc1cc(C#N)cc(C(=O)NC(C)(C)C)c1NC(=O)c1cc(Cn2nc3c(Cl)c(Cl)c(Cl)c(Cl)c3n2)nn1-c1ncccc1Cl. The number of nitrogens with one attached hydrogen (secondary N) is 2. The maximum atomic E-state index is 13.9. The fraction of sp³-hybridized carbons (Fsp3) is 0.207. The van der Waals surface area contributed by atoms with Gasteiger partial charge in [0.2, 0.25) is 0 Å². The molecule has 16 heteroatoms. The average Bonchev–Trinajstić information content (AvgIpc) is 3.60. The molecule has 0 fully saturated rings. The molecular formula is C29H22Cl5N9O2. The van der Waals surface area contributed by atoms with Crippen molar-refractivity contribution in [2.75, 3.05) is 5.32 Å². The molecule has 0 saturated carbocycles. The van der Waals surface area contributed by atoms with Crippen molar-refractivity contribution < 1.29 is 9.59 Å². The molecule has 230 valence electrons. The molecule has 5 rings (SSSR count). The van der Waals surface area contributed by atoms with Gasteiger partial charge in [-0.1, -0.05) is 58.0 Å². The molecule has 0 aliphatic heterocycles. The number of nitriles is 1. The van der Waals surface area contributed by atoms with Crippen molar-refractivity contribution in [2.24, 2.45) is 0 Å². The van der Waals surface area contributed by atoms with Gasteiger partial charge in [-0.25, -0.2) is 9.67 Å². The third-order valence-electron chi connectivity index (χ3n) is 6.32. The first-order chi connectivity index (χ1) is 21.2. The summed E-state index contributed by atoms with van der Waals surface area (Å²) < 4.78 is 1.28. The minimum absolute atomic E-state index is 0.0244. The summed E-state index contributed by atoms with van der Waals surface area (Å²) in [7, 11) is 0. The fourth-order valence-corrected chi connectivity index (χ4v) is 5.52. The Hall–Kier alpha value is -3.92. The lowest BCUT2D eigenvalue weighted by molar-refractivity contribution is 0.0920. The van der Waals surface area contributed by atoms with Crippen LogP contribution in [0.5, 0.6) is 0 Å². The molecule has 0 saturated heterocycles. The minimum atomic E-state index is -0.628. The summed E-state index contributed by atoms with van der Waals surface area (Å²) in [5.41, 5.74) is 1.38. The van der Waals surface area contributed by atoms with Crippen molar-refractivity contribution in [1.82, 2.24) is 35.1 Å². The number of fused-ring (bicyclic) bond motifs is 1. The van der Waals surface area contributed by atoms with Crippen LogP contribution in [0.4, 0.5) is 5.69 Å². The molecular weight excluding hydrogens is 684 g/mol. The van der Waals surface area contributed by atoms with Crippen LogP contribution >= 0.6 is 58.0 Å². The van der Waals surface area contributed by atoms with Gasteiger partial charge in [-0.05, 0) is 63.6 Å². The molecule has 0 spiro atoms. The van der Waals surface area contributed by atoms with E-state index in [-0.39, 0.29) is 71.0 Å². The number of aromatic nitrogens is 6. The predicted molar refractivity (Wildman–Crippen MR) is 174 cm³/mol. The number of anilines is 1. The van der Waals surface area contributed by atoms with Gasteiger partial charge >= 0.3 is 0 Å². The number of pyridine rings is 1. The van der Waals surface area contributed by atoms with Crippen LogP contribution in [0.25, 0.3) is 16.9 Å². The lowest BCUT2D eigenvalue weighted by Gasteiger charge is -2.22. The maximum Gasteiger partial charge on any atom is 0.274 e. The number of benzene rings is 2. The molecule has 0 aliphatic carbocycles.